The second-order valence-corrected chi connectivity index (χ2v) is 6.11. The summed E-state index contributed by atoms with van der Waals surface area (Å²) in [4.78, 5) is 2.63. The van der Waals surface area contributed by atoms with Crippen molar-refractivity contribution in [1.29, 1.82) is 0 Å². The van der Waals surface area contributed by atoms with Crippen molar-refractivity contribution in [3.8, 4) is 0 Å². The molecule has 0 bridgehead atoms. The minimum atomic E-state index is 0.848. The highest BCUT2D eigenvalue weighted by atomic mass is 32.2. The van der Waals surface area contributed by atoms with Crippen LogP contribution in [-0.4, -0.2) is 41.3 Å². The summed E-state index contributed by atoms with van der Waals surface area (Å²) in [7, 11) is 0. The van der Waals surface area contributed by atoms with Crippen molar-refractivity contribution in [3.63, 3.8) is 0 Å². The highest BCUT2D eigenvalue weighted by molar-refractivity contribution is 7.99. The molecule has 1 aliphatic heterocycles. The summed E-state index contributed by atoms with van der Waals surface area (Å²) in [6, 6.07) is 0. The predicted octanol–water partition coefficient (Wildman–Crippen LogP) is 2.91. The Morgan fingerprint density at radius 3 is 2.79 bits per heavy atom. The average molecular weight is 233 g/mol. The van der Waals surface area contributed by atoms with Gasteiger partial charge < -0.3 is 4.90 Å². The van der Waals surface area contributed by atoms with E-state index in [1.807, 2.05) is 0 Å². The fourth-order valence-corrected chi connectivity index (χ4v) is 3.20. The normalized spacial score (nSPS) is 24.0. The van der Waals surface area contributed by atoms with Gasteiger partial charge in [-0.05, 0) is 25.1 Å². The van der Waals surface area contributed by atoms with Crippen LogP contribution in [0.15, 0.2) is 0 Å². The molecule has 0 spiro atoms. The zero-order chi connectivity index (χ0) is 10.2. The van der Waals surface area contributed by atoms with Gasteiger partial charge in [0.2, 0.25) is 0 Å². The van der Waals surface area contributed by atoms with E-state index in [2.05, 4.69) is 36.2 Å². The number of rotatable bonds is 6. The second kappa shape index (κ2) is 7.89. The van der Waals surface area contributed by atoms with Gasteiger partial charge in [-0.3, -0.25) is 0 Å². The van der Waals surface area contributed by atoms with Crippen molar-refractivity contribution in [2.24, 2.45) is 0 Å². The summed E-state index contributed by atoms with van der Waals surface area (Å²) in [5, 5.41) is 0.848. The second-order valence-electron chi connectivity index (χ2n) is 4.12. The van der Waals surface area contributed by atoms with E-state index in [4.69, 9.17) is 0 Å². The van der Waals surface area contributed by atoms with Crippen molar-refractivity contribution in [1.82, 2.24) is 4.90 Å². The quantitative estimate of drug-likeness (QED) is 0.555. The molecule has 0 aliphatic carbocycles. The SMILES string of the molecule is CC1CN(CCCCCCS)CCS1. The third kappa shape index (κ3) is 5.52. The van der Waals surface area contributed by atoms with E-state index >= 15 is 0 Å². The third-order valence-corrected chi connectivity index (χ3v) is 4.16. The Bertz CT molecular complexity index is 141. The number of thiol groups is 1. The van der Waals surface area contributed by atoms with E-state index in [0.29, 0.717) is 0 Å². The molecule has 1 nitrogen and oxygen atoms in total. The fourth-order valence-electron chi connectivity index (χ4n) is 1.89. The van der Waals surface area contributed by atoms with E-state index in [-0.39, 0.29) is 0 Å². The molecular formula is C11H23NS2. The largest absolute Gasteiger partial charge is 0.301 e. The molecule has 84 valence electrons. The van der Waals surface area contributed by atoms with Gasteiger partial charge in [-0.2, -0.15) is 24.4 Å². The Morgan fingerprint density at radius 2 is 2.07 bits per heavy atom. The van der Waals surface area contributed by atoms with Crippen LogP contribution in [0, 0.1) is 0 Å². The molecule has 1 heterocycles. The standard InChI is InChI=1S/C11H23NS2/c1-11-10-12(7-9-14-11)6-4-2-3-5-8-13/h11,13H,2-10H2,1H3. The first-order chi connectivity index (χ1) is 6.83. The first kappa shape index (κ1) is 12.7. The lowest BCUT2D eigenvalue weighted by Gasteiger charge is -2.30. The number of nitrogens with zero attached hydrogens (tertiary/aromatic N) is 1. The van der Waals surface area contributed by atoms with Gasteiger partial charge in [0.1, 0.15) is 0 Å². The lowest BCUT2D eigenvalue weighted by Crippen LogP contribution is -2.37. The van der Waals surface area contributed by atoms with Crippen LogP contribution in [0.2, 0.25) is 0 Å². The zero-order valence-electron chi connectivity index (χ0n) is 9.24. The molecule has 1 atom stereocenters. The van der Waals surface area contributed by atoms with Gasteiger partial charge in [-0.15, -0.1) is 0 Å². The van der Waals surface area contributed by atoms with Gasteiger partial charge >= 0.3 is 0 Å². The Morgan fingerprint density at radius 1 is 1.29 bits per heavy atom. The molecule has 1 aliphatic rings. The molecule has 1 unspecified atom stereocenters. The molecule has 3 heteroatoms. The summed E-state index contributed by atoms with van der Waals surface area (Å²) in [5.41, 5.74) is 0. The first-order valence-electron chi connectivity index (χ1n) is 5.77. The van der Waals surface area contributed by atoms with Crippen LogP contribution in [0.5, 0.6) is 0 Å². The maximum Gasteiger partial charge on any atom is 0.0147 e. The summed E-state index contributed by atoms with van der Waals surface area (Å²) < 4.78 is 0. The van der Waals surface area contributed by atoms with Crippen LogP contribution < -0.4 is 0 Å². The Balaban J connectivity index is 1.95. The van der Waals surface area contributed by atoms with E-state index < -0.39 is 0 Å². The Kier molecular flexibility index (Phi) is 7.17. The van der Waals surface area contributed by atoms with Crippen LogP contribution >= 0.6 is 24.4 Å². The van der Waals surface area contributed by atoms with Crippen LogP contribution in [0.3, 0.4) is 0 Å². The van der Waals surface area contributed by atoms with Crippen molar-refractivity contribution in [2.45, 2.75) is 37.9 Å². The number of unbranched alkanes of at least 4 members (excludes halogenated alkanes) is 3. The van der Waals surface area contributed by atoms with E-state index in [9.17, 15) is 0 Å². The monoisotopic (exact) mass is 233 g/mol. The van der Waals surface area contributed by atoms with Crippen LogP contribution in [0.25, 0.3) is 0 Å². The van der Waals surface area contributed by atoms with Crippen molar-refractivity contribution in [3.05, 3.63) is 0 Å². The van der Waals surface area contributed by atoms with Gasteiger partial charge in [0.15, 0.2) is 0 Å². The molecule has 0 saturated carbocycles. The van der Waals surface area contributed by atoms with Crippen molar-refractivity contribution in [2.75, 3.05) is 31.1 Å². The Labute approximate surface area is 98.4 Å². The molecule has 0 radical (unpaired) electrons. The smallest absolute Gasteiger partial charge is 0.0147 e. The molecule has 14 heavy (non-hydrogen) atoms. The third-order valence-electron chi connectivity index (χ3n) is 2.71. The fraction of sp³-hybridized carbons (Fsp3) is 1.00. The van der Waals surface area contributed by atoms with Crippen LogP contribution in [-0.2, 0) is 0 Å². The highest BCUT2D eigenvalue weighted by Crippen LogP contribution is 2.18. The molecule has 1 saturated heterocycles. The molecule has 1 rings (SSSR count). The zero-order valence-corrected chi connectivity index (χ0v) is 11.0. The summed E-state index contributed by atoms with van der Waals surface area (Å²) in [6.07, 6.45) is 5.42. The number of hydrogen-bond acceptors (Lipinski definition) is 3. The number of hydrogen-bond donors (Lipinski definition) is 1. The lowest BCUT2D eigenvalue weighted by atomic mass is 10.2. The molecular weight excluding hydrogens is 210 g/mol. The van der Waals surface area contributed by atoms with Crippen LogP contribution in [0.4, 0.5) is 0 Å². The van der Waals surface area contributed by atoms with E-state index in [1.165, 1.54) is 51.1 Å². The Hall–Kier alpha value is 0.660. The van der Waals surface area contributed by atoms with E-state index in [1.54, 1.807) is 0 Å². The van der Waals surface area contributed by atoms with E-state index in [0.717, 1.165) is 11.0 Å². The van der Waals surface area contributed by atoms with Gasteiger partial charge in [0, 0.05) is 24.1 Å². The predicted molar refractivity (Wildman–Crippen MR) is 70.7 cm³/mol. The van der Waals surface area contributed by atoms with Gasteiger partial charge in [0.25, 0.3) is 0 Å². The maximum absolute atomic E-state index is 4.22. The lowest BCUT2D eigenvalue weighted by molar-refractivity contribution is 0.279. The summed E-state index contributed by atoms with van der Waals surface area (Å²) in [6.45, 7) is 6.27. The van der Waals surface area contributed by atoms with Gasteiger partial charge in [-0.25, -0.2) is 0 Å². The highest BCUT2D eigenvalue weighted by Gasteiger charge is 2.15. The van der Waals surface area contributed by atoms with Crippen molar-refractivity contribution < 1.29 is 0 Å². The summed E-state index contributed by atoms with van der Waals surface area (Å²) >= 11 is 6.34. The molecule has 0 aromatic carbocycles. The molecule has 0 aromatic rings. The first-order valence-corrected chi connectivity index (χ1v) is 7.46. The number of thioether (sulfide) groups is 1. The van der Waals surface area contributed by atoms with Gasteiger partial charge in [0.05, 0.1) is 0 Å². The molecule has 1 fully saturated rings. The molecule has 0 aromatic heterocycles. The van der Waals surface area contributed by atoms with Crippen molar-refractivity contribution >= 4 is 24.4 Å². The summed E-state index contributed by atoms with van der Waals surface area (Å²) in [5.74, 6) is 2.38. The average Bonchev–Trinajstić information content (AvgIpc) is 2.18. The molecule has 0 N–H and O–H groups in total. The topological polar surface area (TPSA) is 3.24 Å². The maximum atomic E-state index is 4.22. The minimum absolute atomic E-state index is 0.848. The van der Waals surface area contributed by atoms with Crippen LogP contribution in [0.1, 0.15) is 32.6 Å². The van der Waals surface area contributed by atoms with Gasteiger partial charge in [-0.1, -0.05) is 19.8 Å². The molecule has 0 amide bonds. The minimum Gasteiger partial charge on any atom is -0.301 e.